The quantitative estimate of drug-likeness (QED) is 0.343. The van der Waals surface area contributed by atoms with Crippen LogP contribution in [0.2, 0.25) is 0 Å². The largest absolute Gasteiger partial charge is 0.481 e. The molecule has 4 rings (SSSR count). The van der Waals surface area contributed by atoms with Gasteiger partial charge in [-0.25, -0.2) is 0 Å². The Morgan fingerprint density at radius 2 is 0.875 bits per heavy atom. The average molecular weight is 551 g/mol. The summed E-state index contributed by atoms with van der Waals surface area (Å²) in [6, 6.07) is 19.2. The van der Waals surface area contributed by atoms with Crippen LogP contribution in [0.5, 0.6) is 0 Å². The fourth-order valence-electron chi connectivity index (χ4n) is 5.77. The first-order chi connectivity index (χ1) is 19.2. The van der Waals surface area contributed by atoms with Crippen molar-refractivity contribution in [3.8, 4) is 0 Å². The van der Waals surface area contributed by atoms with Gasteiger partial charge in [0.25, 0.3) is 0 Å². The Balaban J connectivity index is 0.000000220. The molecule has 0 spiro atoms. The lowest BCUT2D eigenvalue weighted by molar-refractivity contribution is -0.149. The summed E-state index contributed by atoms with van der Waals surface area (Å²) in [5.74, 6) is -3.82. The molecule has 0 radical (unpaired) electrons. The van der Waals surface area contributed by atoms with Gasteiger partial charge >= 0.3 is 11.9 Å². The number of hydrogen-bond donors (Lipinski definition) is 4. The molecule has 4 N–H and O–H groups in total. The van der Waals surface area contributed by atoms with Gasteiger partial charge in [0.2, 0.25) is 11.8 Å². The van der Waals surface area contributed by atoms with Gasteiger partial charge < -0.3 is 20.8 Å². The minimum Gasteiger partial charge on any atom is -0.481 e. The number of carboxylic acids is 2. The molecule has 0 aliphatic heterocycles. The predicted octanol–water partition coefficient (Wildman–Crippen LogP) is 5.51. The first-order valence-corrected chi connectivity index (χ1v) is 14.3. The molecule has 0 unspecified atom stereocenters. The highest BCUT2D eigenvalue weighted by Gasteiger charge is 2.37. The lowest BCUT2D eigenvalue weighted by Gasteiger charge is -2.28. The SMILES string of the molecule is C[C@@H](NC(=O)[C@@H]1CCCC[C@H]1C(=O)O)c1ccccc1.C[C@@H](NC(=O)[C@H]1CCCC[C@H]1C(=O)O)c1ccccc1. The summed E-state index contributed by atoms with van der Waals surface area (Å²) < 4.78 is 0. The normalized spacial score (nSPS) is 23.9. The molecule has 2 aliphatic rings. The van der Waals surface area contributed by atoms with Gasteiger partial charge in [0, 0.05) is 0 Å². The van der Waals surface area contributed by atoms with Gasteiger partial charge in [-0.1, -0.05) is 86.3 Å². The van der Waals surface area contributed by atoms with Gasteiger partial charge in [-0.2, -0.15) is 0 Å². The van der Waals surface area contributed by atoms with Crippen molar-refractivity contribution in [1.29, 1.82) is 0 Å². The van der Waals surface area contributed by atoms with E-state index in [1.165, 1.54) is 0 Å². The number of aliphatic carboxylic acids is 2. The zero-order chi connectivity index (χ0) is 29.1. The Morgan fingerprint density at radius 1 is 0.575 bits per heavy atom. The molecule has 0 heterocycles. The maximum atomic E-state index is 12.3. The maximum Gasteiger partial charge on any atom is 0.307 e. The molecule has 40 heavy (non-hydrogen) atoms. The molecule has 8 nitrogen and oxygen atoms in total. The lowest BCUT2D eigenvalue weighted by Crippen LogP contribution is -2.40. The second-order valence-corrected chi connectivity index (χ2v) is 11.0. The van der Waals surface area contributed by atoms with E-state index in [9.17, 15) is 29.4 Å². The summed E-state index contributed by atoms with van der Waals surface area (Å²) in [6.07, 6.45) is 6.21. The molecule has 0 saturated heterocycles. The number of hydrogen-bond acceptors (Lipinski definition) is 4. The third kappa shape index (κ3) is 8.66. The smallest absolute Gasteiger partial charge is 0.307 e. The second-order valence-electron chi connectivity index (χ2n) is 11.0. The molecular weight excluding hydrogens is 508 g/mol. The third-order valence-electron chi connectivity index (χ3n) is 8.16. The maximum absolute atomic E-state index is 12.3. The summed E-state index contributed by atoms with van der Waals surface area (Å²) in [4.78, 5) is 47.1. The van der Waals surface area contributed by atoms with Crippen LogP contribution < -0.4 is 10.6 Å². The van der Waals surface area contributed by atoms with E-state index in [0.29, 0.717) is 25.7 Å². The van der Waals surface area contributed by atoms with E-state index in [-0.39, 0.29) is 23.9 Å². The van der Waals surface area contributed by atoms with Gasteiger partial charge in [-0.15, -0.1) is 0 Å². The molecule has 0 aromatic heterocycles. The van der Waals surface area contributed by atoms with Crippen LogP contribution in [0.4, 0.5) is 0 Å². The zero-order valence-corrected chi connectivity index (χ0v) is 23.4. The molecule has 2 aromatic rings. The molecular formula is C32H42N2O6. The van der Waals surface area contributed by atoms with Gasteiger partial charge in [0.05, 0.1) is 35.8 Å². The number of nitrogens with one attached hydrogen (secondary N) is 2. The molecule has 216 valence electrons. The Bertz CT molecular complexity index is 1030. The molecule has 2 aromatic carbocycles. The number of rotatable bonds is 8. The molecule has 2 fully saturated rings. The first-order valence-electron chi connectivity index (χ1n) is 14.3. The average Bonchev–Trinajstić information content (AvgIpc) is 2.98. The Hall–Kier alpha value is -3.68. The van der Waals surface area contributed by atoms with E-state index >= 15 is 0 Å². The van der Waals surface area contributed by atoms with E-state index < -0.39 is 35.6 Å². The van der Waals surface area contributed by atoms with Crippen LogP contribution in [0, 0.1) is 23.7 Å². The van der Waals surface area contributed by atoms with Crippen molar-refractivity contribution in [2.75, 3.05) is 0 Å². The monoisotopic (exact) mass is 550 g/mol. The lowest BCUT2D eigenvalue weighted by atomic mass is 9.78. The fraction of sp³-hybridized carbons (Fsp3) is 0.500. The summed E-state index contributed by atoms with van der Waals surface area (Å²) in [5.41, 5.74) is 2.06. The summed E-state index contributed by atoms with van der Waals surface area (Å²) in [7, 11) is 0. The number of amides is 2. The van der Waals surface area contributed by atoms with Crippen LogP contribution in [-0.2, 0) is 19.2 Å². The van der Waals surface area contributed by atoms with Crippen molar-refractivity contribution in [3.05, 3.63) is 71.8 Å². The molecule has 2 saturated carbocycles. The van der Waals surface area contributed by atoms with Crippen molar-refractivity contribution in [2.45, 2.75) is 77.3 Å². The van der Waals surface area contributed by atoms with Crippen molar-refractivity contribution in [3.63, 3.8) is 0 Å². The molecule has 2 aliphatic carbocycles. The van der Waals surface area contributed by atoms with Crippen LogP contribution in [0.1, 0.15) is 88.4 Å². The molecule has 6 atom stereocenters. The standard InChI is InChI=1S/2C16H21NO3/c2*1-11(12-7-3-2-4-8-12)17-15(18)13-9-5-6-10-14(13)16(19)20/h2*2-4,7-8,11,13-14H,5-6,9-10H2,1H3,(H,17,18)(H,19,20)/t11-,13+,14-;11-,13-,14-/m11/s1. The highest BCUT2D eigenvalue weighted by molar-refractivity contribution is 5.85. The Labute approximate surface area is 236 Å². The summed E-state index contributed by atoms with van der Waals surface area (Å²) in [5, 5.41) is 24.4. The first kappa shape index (κ1) is 30.9. The minimum atomic E-state index is -0.850. The van der Waals surface area contributed by atoms with E-state index in [1.54, 1.807) is 0 Å². The van der Waals surface area contributed by atoms with E-state index in [4.69, 9.17) is 0 Å². The van der Waals surface area contributed by atoms with Gasteiger partial charge in [-0.05, 0) is 50.7 Å². The highest BCUT2D eigenvalue weighted by Crippen LogP contribution is 2.32. The number of carbonyl (C=O) groups excluding carboxylic acids is 2. The third-order valence-corrected chi connectivity index (χ3v) is 8.16. The number of benzene rings is 2. The van der Waals surface area contributed by atoms with Crippen LogP contribution in [0.3, 0.4) is 0 Å². The molecule has 0 bridgehead atoms. The number of carboxylic acid groups (broad SMARTS) is 2. The summed E-state index contributed by atoms with van der Waals surface area (Å²) in [6.45, 7) is 3.84. The van der Waals surface area contributed by atoms with Crippen LogP contribution >= 0.6 is 0 Å². The number of carbonyl (C=O) groups is 4. The predicted molar refractivity (Wildman–Crippen MR) is 152 cm³/mol. The van der Waals surface area contributed by atoms with Crippen molar-refractivity contribution >= 4 is 23.8 Å². The van der Waals surface area contributed by atoms with Gasteiger partial charge in [0.15, 0.2) is 0 Å². The van der Waals surface area contributed by atoms with Gasteiger partial charge in [0.1, 0.15) is 0 Å². The van der Waals surface area contributed by atoms with Crippen LogP contribution in [0.25, 0.3) is 0 Å². The molecule has 2 amide bonds. The summed E-state index contributed by atoms with van der Waals surface area (Å²) >= 11 is 0. The Morgan fingerprint density at radius 3 is 1.18 bits per heavy atom. The molecule has 8 heteroatoms. The van der Waals surface area contributed by atoms with Crippen molar-refractivity contribution in [1.82, 2.24) is 10.6 Å². The Kier molecular flexibility index (Phi) is 11.7. The van der Waals surface area contributed by atoms with Crippen LogP contribution in [-0.4, -0.2) is 34.0 Å². The fourth-order valence-corrected chi connectivity index (χ4v) is 5.77. The van der Waals surface area contributed by atoms with E-state index in [2.05, 4.69) is 10.6 Å². The van der Waals surface area contributed by atoms with Gasteiger partial charge in [-0.3, -0.25) is 19.2 Å². The van der Waals surface area contributed by atoms with E-state index in [1.807, 2.05) is 74.5 Å². The minimum absolute atomic E-state index is 0.0972. The van der Waals surface area contributed by atoms with Crippen molar-refractivity contribution < 1.29 is 29.4 Å². The zero-order valence-electron chi connectivity index (χ0n) is 23.4. The van der Waals surface area contributed by atoms with Crippen molar-refractivity contribution in [2.24, 2.45) is 23.7 Å². The topological polar surface area (TPSA) is 133 Å². The van der Waals surface area contributed by atoms with E-state index in [0.717, 1.165) is 36.8 Å². The second kappa shape index (κ2) is 15.2. The van der Waals surface area contributed by atoms with Crippen LogP contribution in [0.15, 0.2) is 60.7 Å². The highest BCUT2D eigenvalue weighted by atomic mass is 16.4.